The maximum Gasteiger partial charge on any atom is 0.256 e. The predicted octanol–water partition coefficient (Wildman–Crippen LogP) is 2.76. The first kappa shape index (κ1) is 25.6. The number of nitrogens with one attached hydrogen (secondary N) is 2. The van der Waals surface area contributed by atoms with E-state index in [4.69, 9.17) is 11.6 Å². The zero-order valence-electron chi connectivity index (χ0n) is 21.2. The lowest BCUT2D eigenvalue weighted by Crippen LogP contribution is -2.63. The molecular weight excluding hydrogens is 509 g/mol. The fourth-order valence-electron chi connectivity index (χ4n) is 6.52. The number of amides is 2. The Morgan fingerprint density at radius 1 is 1.03 bits per heavy atom. The van der Waals surface area contributed by atoms with E-state index in [2.05, 4.69) is 15.5 Å². The van der Waals surface area contributed by atoms with Crippen molar-refractivity contribution in [2.24, 2.45) is 0 Å². The molecule has 4 aliphatic heterocycles. The van der Waals surface area contributed by atoms with Gasteiger partial charge in [0, 0.05) is 41.9 Å². The predicted molar refractivity (Wildman–Crippen MR) is 143 cm³/mol. The van der Waals surface area contributed by atoms with Crippen molar-refractivity contribution in [3.63, 3.8) is 0 Å². The summed E-state index contributed by atoms with van der Waals surface area (Å²) in [4.78, 5) is 33.2. The first-order chi connectivity index (χ1) is 18.4. The van der Waals surface area contributed by atoms with Gasteiger partial charge in [0.05, 0.1) is 17.6 Å². The SMILES string of the molecule is O=C([C@@H]1CCCN1C1CCNCC1)N1CCN2C(=O)c3cc(-c4ccc(Cl)cc4F)ccc3NC(O)[C@H]2C1. The summed E-state index contributed by atoms with van der Waals surface area (Å²) < 4.78 is 14.6. The van der Waals surface area contributed by atoms with Crippen LogP contribution in [0.4, 0.5) is 10.1 Å². The molecule has 0 aromatic heterocycles. The number of fused-ring (bicyclic) bond motifs is 2. The van der Waals surface area contributed by atoms with Gasteiger partial charge in [-0.25, -0.2) is 4.39 Å². The van der Waals surface area contributed by atoms with Gasteiger partial charge in [0.2, 0.25) is 5.91 Å². The number of hydrogen-bond donors (Lipinski definition) is 3. The molecule has 38 heavy (non-hydrogen) atoms. The molecule has 6 rings (SSSR count). The van der Waals surface area contributed by atoms with Gasteiger partial charge in [0.1, 0.15) is 12.0 Å². The summed E-state index contributed by atoms with van der Waals surface area (Å²) in [6.07, 6.45) is 2.92. The second-order valence-electron chi connectivity index (χ2n) is 10.7. The number of benzene rings is 2. The standard InChI is InChI=1S/C28H33ClFN5O3/c29-18-4-5-20(22(30)15-18)17-3-6-23-21(14-17)27(37)35-13-12-33(16-25(35)26(36)32-23)28(38)24-2-1-11-34(24)19-7-9-31-10-8-19/h3-6,14-15,19,24-26,31-32,36H,1-2,7-13,16H2/t24-,25+,26?/m0/s1. The van der Waals surface area contributed by atoms with Crippen molar-refractivity contribution in [1.82, 2.24) is 20.0 Å². The molecule has 3 fully saturated rings. The minimum atomic E-state index is -1.04. The molecule has 0 bridgehead atoms. The van der Waals surface area contributed by atoms with Gasteiger partial charge in [-0.1, -0.05) is 17.7 Å². The topological polar surface area (TPSA) is 88.2 Å². The van der Waals surface area contributed by atoms with Crippen LogP contribution in [-0.2, 0) is 4.79 Å². The van der Waals surface area contributed by atoms with E-state index in [1.54, 1.807) is 35.2 Å². The molecule has 0 radical (unpaired) electrons. The van der Waals surface area contributed by atoms with Crippen LogP contribution in [0.15, 0.2) is 36.4 Å². The highest BCUT2D eigenvalue weighted by Crippen LogP contribution is 2.33. The number of piperazine rings is 1. The van der Waals surface area contributed by atoms with Crippen LogP contribution in [-0.4, -0.2) is 95.2 Å². The van der Waals surface area contributed by atoms with Crippen molar-refractivity contribution in [2.45, 2.75) is 50.0 Å². The summed E-state index contributed by atoms with van der Waals surface area (Å²) in [5.74, 6) is -0.612. The Morgan fingerprint density at radius 3 is 2.63 bits per heavy atom. The number of carbonyl (C=O) groups excluding carboxylic acids is 2. The van der Waals surface area contributed by atoms with Crippen LogP contribution in [0, 0.1) is 5.82 Å². The van der Waals surface area contributed by atoms with E-state index in [0.717, 1.165) is 45.3 Å². The Kier molecular flexibility index (Phi) is 7.03. The van der Waals surface area contributed by atoms with Crippen LogP contribution in [0.5, 0.6) is 0 Å². The third kappa shape index (κ3) is 4.66. The van der Waals surface area contributed by atoms with Crippen LogP contribution >= 0.6 is 11.6 Å². The fraction of sp³-hybridized carbons (Fsp3) is 0.500. The minimum Gasteiger partial charge on any atom is -0.372 e. The molecule has 3 atom stereocenters. The molecule has 4 heterocycles. The average molecular weight is 542 g/mol. The monoisotopic (exact) mass is 541 g/mol. The number of aliphatic hydroxyl groups is 1. The first-order valence-electron chi connectivity index (χ1n) is 13.5. The number of anilines is 1. The average Bonchev–Trinajstić information content (AvgIpc) is 3.39. The second-order valence-corrected chi connectivity index (χ2v) is 11.1. The smallest absolute Gasteiger partial charge is 0.256 e. The molecule has 0 aliphatic carbocycles. The number of carbonyl (C=O) groups is 2. The minimum absolute atomic E-state index is 0.0996. The van der Waals surface area contributed by atoms with E-state index in [-0.39, 0.29) is 24.4 Å². The summed E-state index contributed by atoms with van der Waals surface area (Å²) >= 11 is 5.91. The molecule has 3 N–H and O–H groups in total. The lowest BCUT2D eigenvalue weighted by molar-refractivity contribution is -0.140. The third-order valence-electron chi connectivity index (χ3n) is 8.51. The Morgan fingerprint density at radius 2 is 1.84 bits per heavy atom. The van der Waals surface area contributed by atoms with E-state index in [0.29, 0.717) is 46.5 Å². The van der Waals surface area contributed by atoms with E-state index in [1.807, 2.05) is 4.90 Å². The van der Waals surface area contributed by atoms with Crippen LogP contribution in [0.2, 0.25) is 5.02 Å². The van der Waals surface area contributed by atoms with Crippen LogP contribution in [0.25, 0.3) is 11.1 Å². The summed E-state index contributed by atoms with van der Waals surface area (Å²) in [5, 5.41) is 17.9. The van der Waals surface area contributed by atoms with Gasteiger partial charge in [-0.05, 0) is 81.2 Å². The van der Waals surface area contributed by atoms with Crippen LogP contribution < -0.4 is 10.6 Å². The van der Waals surface area contributed by atoms with Gasteiger partial charge in [-0.2, -0.15) is 0 Å². The number of aliphatic hydroxyl groups excluding tert-OH is 1. The lowest BCUT2D eigenvalue weighted by Gasteiger charge is -2.44. The van der Waals surface area contributed by atoms with Gasteiger partial charge in [0.25, 0.3) is 5.91 Å². The van der Waals surface area contributed by atoms with Crippen molar-refractivity contribution in [3.8, 4) is 11.1 Å². The zero-order valence-corrected chi connectivity index (χ0v) is 22.0. The molecule has 3 saturated heterocycles. The molecular formula is C28H33ClFN5O3. The van der Waals surface area contributed by atoms with E-state index in [1.165, 1.54) is 6.07 Å². The van der Waals surface area contributed by atoms with E-state index >= 15 is 0 Å². The normalized spacial score (nSPS) is 26.5. The quantitative estimate of drug-likeness (QED) is 0.554. The van der Waals surface area contributed by atoms with Crippen molar-refractivity contribution >= 4 is 29.1 Å². The Bertz CT molecular complexity index is 1240. The molecule has 10 heteroatoms. The van der Waals surface area contributed by atoms with Gasteiger partial charge < -0.3 is 25.5 Å². The molecule has 0 spiro atoms. The van der Waals surface area contributed by atoms with Gasteiger partial charge in [-0.3, -0.25) is 14.5 Å². The number of hydrogen-bond acceptors (Lipinski definition) is 6. The highest BCUT2D eigenvalue weighted by Gasteiger charge is 2.44. The van der Waals surface area contributed by atoms with Crippen molar-refractivity contribution in [1.29, 1.82) is 0 Å². The largest absolute Gasteiger partial charge is 0.372 e. The molecule has 2 aromatic carbocycles. The Balaban J connectivity index is 1.21. The number of halogens is 2. The molecule has 2 aromatic rings. The second kappa shape index (κ2) is 10.4. The molecule has 2 amide bonds. The van der Waals surface area contributed by atoms with Crippen molar-refractivity contribution in [2.75, 3.05) is 44.6 Å². The Labute approximate surface area is 226 Å². The number of rotatable bonds is 3. The van der Waals surface area contributed by atoms with Crippen LogP contribution in [0.1, 0.15) is 36.0 Å². The number of nitrogens with zero attached hydrogens (tertiary/aromatic N) is 3. The van der Waals surface area contributed by atoms with Crippen LogP contribution in [0.3, 0.4) is 0 Å². The summed E-state index contributed by atoms with van der Waals surface area (Å²) in [7, 11) is 0. The molecule has 0 saturated carbocycles. The van der Waals surface area contributed by atoms with E-state index in [9.17, 15) is 19.1 Å². The fourth-order valence-corrected chi connectivity index (χ4v) is 6.68. The molecule has 1 unspecified atom stereocenters. The van der Waals surface area contributed by atoms with Gasteiger partial charge in [-0.15, -0.1) is 0 Å². The van der Waals surface area contributed by atoms with Crippen molar-refractivity contribution < 1.29 is 19.1 Å². The summed E-state index contributed by atoms with van der Waals surface area (Å²) in [5.41, 5.74) is 1.75. The number of piperidine rings is 1. The maximum atomic E-state index is 14.6. The van der Waals surface area contributed by atoms with Gasteiger partial charge >= 0.3 is 0 Å². The third-order valence-corrected chi connectivity index (χ3v) is 8.74. The zero-order chi connectivity index (χ0) is 26.4. The van der Waals surface area contributed by atoms with Crippen molar-refractivity contribution in [3.05, 3.63) is 52.8 Å². The summed E-state index contributed by atoms with van der Waals surface area (Å²) in [6, 6.07) is 9.21. The molecule has 8 nitrogen and oxygen atoms in total. The molecule has 202 valence electrons. The highest BCUT2D eigenvalue weighted by molar-refractivity contribution is 6.30. The highest BCUT2D eigenvalue weighted by atomic mass is 35.5. The maximum absolute atomic E-state index is 14.6. The first-order valence-corrected chi connectivity index (χ1v) is 13.9. The Hall–Kier alpha value is -2.72. The number of likely N-dealkylation sites (tertiary alicyclic amines) is 1. The van der Waals surface area contributed by atoms with E-state index < -0.39 is 18.1 Å². The lowest BCUT2D eigenvalue weighted by atomic mass is 10.0. The van der Waals surface area contributed by atoms with Gasteiger partial charge in [0.15, 0.2) is 0 Å². The summed E-state index contributed by atoms with van der Waals surface area (Å²) in [6.45, 7) is 3.92. The molecule has 4 aliphatic rings.